The van der Waals surface area contributed by atoms with Crippen molar-refractivity contribution < 1.29 is 19.4 Å². The first kappa shape index (κ1) is 25.3. The van der Waals surface area contributed by atoms with Crippen LogP contribution in [0.5, 0.6) is 0 Å². The lowest BCUT2D eigenvalue weighted by atomic mass is 9.49. The fourth-order valence-electron chi connectivity index (χ4n) is 7.15. The van der Waals surface area contributed by atoms with Crippen LogP contribution >= 0.6 is 0 Å². The van der Waals surface area contributed by atoms with Crippen LogP contribution in [0, 0.1) is 34.5 Å². The largest absolute Gasteiger partial charge is 0.393 e. The van der Waals surface area contributed by atoms with Crippen LogP contribution in [-0.4, -0.2) is 37.5 Å². The molecule has 6 unspecified atom stereocenters. The van der Waals surface area contributed by atoms with Crippen molar-refractivity contribution in [3.05, 3.63) is 11.6 Å². The molecule has 3 aliphatic carbocycles. The number of aldehydes is 1. The van der Waals surface area contributed by atoms with Gasteiger partial charge in [-0.2, -0.15) is 0 Å². The third-order valence-corrected chi connectivity index (χ3v) is 8.84. The molecule has 0 amide bonds. The number of carbonyl (C=O) groups excluding carboxylic acids is 2. The van der Waals surface area contributed by atoms with Crippen LogP contribution in [0.25, 0.3) is 0 Å². The number of hydrogen-bond acceptors (Lipinski definition) is 4. The van der Waals surface area contributed by atoms with Gasteiger partial charge >= 0.3 is 0 Å². The Kier molecular flexibility index (Phi) is 8.88. The summed E-state index contributed by atoms with van der Waals surface area (Å²) >= 11 is 0. The normalized spacial score (nSPS) is 41.0. The highest BCUT2D eigenvalue weighted by molar-refractivity contribution is 5.87. The lowest BCUT2D eigenvalue weighted by Crippen LogP contribution is -2.51. The van der Waals surface area contributed by atoms with Gasteiger partial charge in [-0.15, -0.1) is 0 Å². The lowest BCUT2D eigenvalue weighted by Gasteiger charge is -2.56. The van der Waals surface area contributed by atoms with E-state index in [-0.39, 0.29) is 22.9 Å². The van der Waals surface area contributed by atoms with Crippen LogP contribution in [0.4, 0.5) is 0 Å². The van der Waals surface area contributed by atoms with Gasteiger partial charge in [0.15, 0.2) is 0 Å². The summed E-state index contributed by atoms with van der Waals surface area (Å²) in [7, 11) is 3.25. The number of Topliss-reactive ketones (excluding diaryl/α,β-unsaturated/α-hetero) is 1. The molecule has 3 rings (SSSR count). The second-order valence-corrected chi connectivity index (χ2v) is 10.6. The molecule has 0 bridgehead atoms. The van der Waals surface area contributed by atoms with Gasteiger partial charge in [0.05, 0.1) is 6.10 Å². The molecule has 30 heavy (non-hydrogen) atoms. The summed E-state index contributed by atoms with van der Waals surface area (Å²) in [6.07, 6.45) is 11.4. The summed E-state index contributed by atoms with van der Waals surface area (Å²) < 4.78 is 4.25. The number of carbonyl (C=O) groups is 2. The van der Waals surface area contributed by atoms with Crippen LogP contribution in [0.3, 0.4) is 0 Å². The predicted molar refractivity (Wildman–Crippen MR) is 121 cm³/mol. The molecule has 0 spiro atoms. The van der Waals surface area contributed by atoms with Crippen LogP contribution in [-0.2, 0) is 14.3 Å². The van der Waals surface area contributed by atoms with Crippen LogP contribution in [0.15, 0.2) is 11.6 Å². The monoisotopic (exact) mass is 420 g/mol. The summed E-state index contributed by atoms with van der Waals surface area (Å²) in [5.74, 6) is 2.39. The first-order chi connectivity index (χ1) is 14.2. The van der Waals surface area contributed by atoms with E-state index in [1.54, 1.807) is 14.2 Å². The molecule has 0 radical (unpaired) electrons. The van der Waals surface area contributed by atoms with Crippen molar-refractivity contribution >= 4 is 12.1 Å². The molecular formula is C26H44O4. The second kappa shape index (κ2) is 10.5. The van der Waals surface area contributed by atoms with Gasteiger partial charge < -0.3 is 14.6 Å². The first-order valence-corrected chi connectivity index (χ1v) is 11.9. The molecule has 4 nitrogen and oxygen atoms in total. The number of aliphatic hydroxyl groups excluding tert-OH is 1. The fraction of sp³-hybridized carbons (Fsp3) is 0.846. The van der Waals surface area contributed by atoms with Crippen molar-refractivity contribution in [3.63, 3.8) is 0 Å². The number of aliphatic hydroxyl groups is 1. The lowest BCUT2D eigenvalue weighted by molar-refractivity contribution is -0.134. The second-order valence-electron chi connectivity index (χ2n) is 10.6. The minimum atomic E-state index is -0.324. The van der Waals surface area contributed by atoms with Gasteiger partial charge in [0.25, 0.3) is 0 Å². The first-order valence-electron chi connectivity index (χ1n) is 11.9. The van der Waals surface area contributed by atoms with Gasteiger partial charge in [-0.25, -0.2) is 0 Å². The maximum Gasteiger partial charge on any atom is 0.139 e. The van der Waals surface area contributed by atoms with E-state index < -0.39 is 0 Å². The van der Waals surface area contributed by atoms with Crippen molar-refractivity contribution in [2.75, 3.05) is 14.2 Å². The quantitative estimate of drug-likeness (QED) is 0.369. The van der Waals surface area contributed by atoms with Gasteiger partial charge in [0, 0.05) is 32.5 Å². The maximum atomic E-state index is 12.5. The van der Waals surface area contributed by atoms with Gasteiger partial charge in [0.2, 0.25) is 0 Å². The molecule has 1 N–H and O–H groups in total. The number of methoxy groups -OCH3 is 1. The number of ketones is 1. The van der Waals surface area contributed by atoms with E-state index in [2.05, 4.69) is 31.6 Å². The zero-order chi connectivity index (χ0) is 22.5. The zero-order valence-electron chi connectivity index (χ0n) is 20.1. The summed E-state index contributed by atoms with van der Waals surface area (Å²) in [6, 6.07) is 0. The molecule has 172 valence electrons. The summed E-state index contributed by atoms with van der Waals surface area (Å²) in [5, 5.41) is 10.7. The fourth-order valence-corrected chi connectivity index (χ4v) is 7.15. The minimum absolute atomic E-state index is 0.0961. The highest BCUT2D eigenvalue weighted by Gasteiger charge is 2.57. The van der Waals surface area contributed by atoms with E-state index in [0.29, 0.717) is 30.0 Å². The SMILES string of the molecule is CC1C2CCC(=O)C2(C)CCC1C1(C)CC/C(=C\CCC=O)CC1[C@@H](C)O.COC. The molecular weight excluding hydrogens is 376 g/mol. The highest BCUT2D eigenvalue weighted by Crippen LogP contribution is 2.61. The number of allylic oxidation sites excluding steroid dienone is 2. The topological polar surface area (TPSA) is 63.6 Å². The zero-order valence-corrected chi connectivity index (χ0v) is 20.1. The molecule has 0 aromatic carbocycles. The number of hydrogen-bond donors (Lipinski definition) is 1. The van der Waals surface area contributed by atoms with E-state index in [9.17, 15) is 14.7 Å². The molecule has 4 heteroatoms. The Balaban J connectivity index is 0.00000101. The Morgan fingerprint density at radius 3 is 2.40 bits per heavy atom. The smallest absolute Gasteiger partial charge is 0.139 e. The Hall–Kier alpha value is -1.00. The third kappa shape index (κ3) is 4.91. The van der Waals surface area contributed by atoms with Crippen molar-refractivity contribution in [1.82, 2.24) is 0 Å². The Morgan fingerprint density at radius 2 is 1.80 bits per heavy atom. The van der Waals surface area contributed by atoms with Crippen LogP contribution in [0.1, 0.15) is 85.5 Å². The molecule has 3 aliphatic rings. The van der Waals surface area contributed by atoms with E-state index in [4.69, 9.17) is 0 Å². The van der Waals surface area contributed by atoms with Crippen LogP contribution < -0.4 is 0 Å². The highest BCUT2D eigenvalue weighted by atomic mass is 16.4. The molecule has 0 aromatic heterocycles. The number of rotatable bonds is 5. The van der Waals surface area contributed by atoms with Crippen molar-refractivity contribution in [1.29, 1.82) is 0 Å². The van der Waals surface area contributed by atoms with E-state index in [0.717, 1.165) is 57.7 Å². The average molecular weight is 421 g/mol. The van der Waals surface area contributed by atoms with E-state index in [1.807, 2.05) is 6.92 Å². The number of ether oxygens (including phenoxy) is 1. The van der Waals surface area contributed by atoms with Gasteiger partial charge in [-0.1, -0.05) is 32.4 Å². The van der Waals surface area contributed by atoms with Crippen molar-refractivity contribution in [3.8, 4) is 0 Å². The Bertz CT molecular complexity index is 625. The Morgan fingerprint density at radius 1 is 1.13 bits per heavy atom. The minimum Gasteiger partial charge on any atom is -0.393 e. The summed E-state index contributed by atoms with van der Waals surface area (Å²) in [4.78, 5) is 23.1. The van der Waals surface area contributed by atoms with Gasteiger partial charge in [-0.05, 0) is 81.0 Å². The van der Waals surface area contributed by atoms with Gasteiger partial charge in [0.1, 0.15) is 12.1 Å². The summed E-state index contributed by atoms with van der Waals surface area (Å²) in [6.45, 7) is 8.95. The average Bonchev–Trinajstić information content (AvgIpc) is 2.99. The molecule has 0 saturated heterocycles. The van der Waals surface area contributed by atoms with E-state index >= 15 is 0 Å². The third-order valence-electron chi connectivity index (χ3n) is 8.84. The predicted octanol–water partition coefficient (Wildman–Crippen LogP) is 5.37. The number of unbranched alkanes of at least 4 members (excludes halogenated alkanes) is 1. The van der Waals surface area contributed by atoms with E-state index in [1.165, 1.54) is 5.57 Å². The molecule has 7 atom stereocenters. The molecule has 0 aliphatic heterocycles. The summed E-state index contributed by atoms with van der Waals surface area (Å²) in [5.41, 5.74) is 1.45. The maximum absolute atomic E-state index is 12.5. The molecule has 3 fully saturated rings. The van der Waals surface area contributed by atoms with Crippen molar-refractivity contribution in [2.24, 2.45) is 34.5 Å². The van der Waals surface area contributed by atoms with Crippen molar-refractivity contribution in [2.45, 2.75) is 91.6 Å². The molecule has 0 aromatic rings. The molecule has 0 heterocycles. The Labute approximate surface area is 183 Å². The standard InChI is InChI=1S/C24H38O3.C2H6O/c1-16-19-8-9-22(27)24(19,4)13-11-20(16)23(3)12-10-18(7-5-6-14-25)15-21(23)17(2)26;1-3-2/h7,14,16-17,19-21,26H,5-6,8-13,15H2,1-4H3;1-2H3/b18-7+;/t16?,17-,19?,20?,21?,23?,24?;/m1./s1. The number of fused-ring (bicyclic) bond motifs is 1. The van der Waals surface area contributed by atoms with Crippen LogP contribution in [0.2, 0.25) is 0 Å². The van der Waals surface area contributed by atoms with Gasteiger partial charge in [-0.3, -0.25) is 4.79 Å². The molecule has 3 saturated carbocycles.